The molecule has 1 heterocycles. The minimum absolute atomic E-state index is 0.119. The minimum atomic E-state index is -0.970. The number of hydrogen-bond donors (Lipinski definition) is 2. The summed E-state index contributed by atoms with van der Waals surface area (Å²) < 4.78 is 0. The van der Waals surface area contributed by atoms with Crippen LogP contribution in [0.5, 0.6) is 0 Å². The summed E-state index contributed by atoms with van der Waals surface area (Å²) in [7, 11) is 0. The predicted octanol–water partition coefficient (Wildman–Crippen LogP) is 2.83. The highest BCUT2D eigenvalue weighted by molar-refractivity contribution is 7.13. The fraction of sp³-hybridized carbons (Fsp3) is 0.600. The number of anilines is 1. The molecule has 0 aromatic carbocycles. The first-order chi connectivity index (χ1) is 7.17. The molecule has 5 heteroatoms. The van der Waals surface area contributed by atoms with Crippen molar-refractivity contribution in [2.45, 2.75) is 39.2 Å². The molecule has 1 rings (SSSR count). The molecule has 1 atom stereocenters. The van der Waals surface area contributed by atoms with E-state index in [4.69, 9.17) is 5.11 Å². The third kappa shape index (κ3) is 3.51. The quantitative estimate of drug-likeness (QED) is 0.786. The fourth-order valence-corrected chi connectivity index (χ4v) is 2.10. The molecule has 84 valence electrons. The van der Waals surface area contributed by atoms with Crippen molar-refractivity contribution < 1.29 is 9.90 Å². The van der Waals surface area contributed by atoms with Crippen molar-refractivity contribution in [3.05, 3.63) is 11.1 Å². The first-order valence-corrected chi connectivity index (χ1v) is 6.00. The maximum absolute atomic E-state index is 10.6. The smallest absolute Gasteiger partial charge is 0.355 e. The van der Waals surface area contributed by atoms with Crippen LogP contribution in [0, 0.1) is 0 Å². The Morgan fingerprint density at radius 2 is 2.40 bits per heavy atom. The van der Waals surface area contributed by atoms with Gasteiger partial charge in [-0.25, -0.2) is 9.78 Å². The molecule has 0 aliphatic rings. The van der Waals surface area contributed by atoms with E-state index in [2.05, 4.69) is 24.1 Å². The molecule has 0 bridgehead atoms. The molecule has 1 unspecified atom stereocenters. The average molecular weight is 228 g/mol. The Morgan fingerprint density at radius 1 is 1.67 bits per heavy atom. The van der Waals surface area contributed by atoms with Crippen LogP contribution in [0.15, 0.2) is 5.38 Å². The van der Waals surface area contributed by atoms with Gasteiger partial charge in [0.15, 0.2) is 10.8 Å². The number of aromatic carboxylic acids is 1. The van der Waals surface area contributed by atoms with Crippen LogP contribution < -0.4 is 5.32 Å². The number of nitrogens with one attached hydrogen (secondary N) is 1. The van der Waals surface area contributed by atoms with Crippen molar-refractivity contribution in [3.8, 4) is 0 Å². The van der Waals surface area contributed by atoms with Gasteiger partial charge in [-0.1, -0.05) is 20.3 Å². The summed E-state index contributed by atoms with van der Waals surface area (Å²) in [6.45, 7) is 4.24. The zero-order chi connectivity index (χ0) is 11.3. The van der Waals surface area contributed by atoms with Crippen molar-refractivity contribution in [2.24, 2.45) is 0 Å². The second kappa shape index (κ2) is 5.70. The van der Waals surface area contributed by atoms with E-state index in [1.54, 1.807) is 5.38 Å². The van der Waals surface area contributed by atoms with E-state index in [1.165, 1.54) is 11.3 Å². The van der Waals surface area contributed by atoms with Gasteiger partial charge in [0.1, 0.15) is 0 Å². The van der Waals surface area contributed by atoms with Gasteiger partial charge in [0, 0.05) is 11.4 Å². The largest absolute Gasteiger partial charge is 0.476 e. The molecular formula is C10H16N2O2S. The molecule has 0 aliphatic heterocycles. The number of carboxylic acid groups (broad SMARTS) is 1. The first-order valence-electron chi connectivity index (χ1n) is 5.12. The van der Waals surface area contributed by atoms with E-state index in [-0.39, 0.29) is 5.69 Å². The van der Waals surface area contributed by atoms with E-state index < -0.39 is 5.97 Å². The summed E-state index contributed by atoms with van der Waals surface area (Å²) in [5.41, 5.74) is 0.119. The summed E-state index contributed by atoms with van der Waals surface area (Å²) in [6, 6.07) is 0.391. The van der Waals surface area contributed by atoms with Crippen LogP contribution >= 0.6 is 11.3 Å². The van der Waals surface area contributed by atoms with Crippen molar-refractivity contribution in [3.63, 3.8) is 0 Å². The van der Waals surface area contributed by atoms with Gasteiger partial charge in [-0.05, 0) is 12.8 Å². The lowest BCUT2D eigenvalue weighted by atomic mass is 10.1. The average Bonchev–Trinajstić information content (AvgIpc) is 2.65. The second-order valence-corrected chi connectivity index (χ2v) is 4.24. The highest BCUT2D eigenvalue weighted by Gasteiger charge is 2.11. The van der Waals surface area contributed by atoms with Crippen molar-refractivity contribution >= 4 is 22.4 Å². The van der Waals surface area contributed by atoms with E-state index in [1.807, 2.05) is 0 Å². The van der Waals surface area contributed by atoms with Gasteiger partial charge in [0.2, 0.25) is 0 Å². The van der Waals surface area contributed by atoms with E-state index in [0.717, 1.165) is 19.3 Å². The molecule has 1 aromatic heterocycles. The van der Waals surface area contributed by atoms with Crippen molar-refractivity contribution in [2.75, 3.05) is 5.32 Å². The van der Waals surface area contributed by atoms with Crippen LogP contribution in [0.4, 0.5) is 5.13 Å². The van der Waals surface area contributed by atoms with Crippen molar-refractivity contribution in [1.82, 2.24) is 4.98 Å². The molecule has 1 aromatic rings. The molecule has 0 aliphatic carbocycles. The Labute approximate surface area is 93.4 Å². The molecule has 2 N–H and O–H groups in total. The standard InChI is InChI=1S/C10H16N2O2S/c1-3-5-7(4-2)11-10-12-8(6-15-10)9(13)14/h6-7H,3-5H2,1-2H3,(H,11,12)(H,13,14). The second-order valence-electron chi connectivity index (χ2n) is 3.38. The molecule has 4 nitrogen and oxygen atoms in total. The lowest BCUT2D eigenvalue weighted by Crippen LogP contribution is -2.17. The Kier molecular flexibility index (Phi) is 4.55. The number of nitrogens with zero attached hydrogens (tertiary/aromatic N) is 1. The molecule has 0 saturated heterocycles. The number of carbonyl (C=O) groups is 1. The zero-order valence-corrected chi connectivity index (χ0v) is 9.80. The Bertz CT molecular complexity index is 325. The molecule has 0 radical (unpaired) electrons. The summed E-state index contributed by atoms with van der Waals surface area (Å²) in [4.78, 5) is 14.6. The minimum Gasteiger partial charge on any atom is -0.476 e. The third-order valence-corrected chi connectivity index (χ3v) is 2.95. The number of hydrogen-bond acceptors (Lipinski definition) is 4. The lowest BCUT2D eigenvalue weighted by Gasteiger charge is -2.14. The normalized spacial score (nSPS) is 12.4. The van der Waals surface area contributed by atoms with Crippen LogP contribution in [-0.2, 0) is 0 Å². The van der Waals surface area contributed by atoms with Gasteiger partial charge >= 0.3 is 5.97 Å². The zero-order valence-electron chi connectivity index (χ0n) is 8.99. The Morgan fingerprint density at radius 3 is 2.87 bits per heavy atom. The lowest BCUT2D eigenvalue weighted by molar-refractivity contribution is 0.0691. The summed E-state index contributed by atoms with van der Waals surface area (Å²) >= 11 is 1.34. The van der Waals surface area contributed by atoms with Crippen LogP contribution in [0.3, 0.4) is 0 Å². The topological polar surface area (TPSA) is 62.2 Å². The van der Waals surface area contributed by atoms with Gasteiger partial charge in [-0.2, -0.15) is 0 Å². The van der Waals surface area contributed by atoms with E-state index in [9.17, 15) is 4.79 Å². The predicted molar refractivity (Wildman–Crippen MR) is 61.7 cm³/mol. The van der Waals surface area contributed by atoms with Crippen molar-refractivity contribution in [1.29, 1.82) is 0 Å². The van der Waals surface area contributed by atoms with Gasteiger partial charge in [-0.15, -0.1) is 11.3 Å². The fourth-order valence-electron chi connectivity index (χ4n) is 1.34. The van der Waals surface area contributed by atoms with Gasteiger partial charge < -0.3 is 10.4 Å². The number of carboxylic acids is 1. The van der Waals surface area contributed by atoms with E-state index in [0.29, 0.717) is 11.2 Å². The van der Waals surface area contributed by atoms with Gasteiger partial charge in [0.05, 0.1) is 0 Å². The molecule has 0 amide bonds. The monoisotopic (exact) mass is 228 g/mol. The highest BCUT2D eigenvalue weighted by atomic mass is 32.1. The maximum atomic E-state index is 10.6. The Balaban J connectivity index is 2.59. The summed E-state index contributed by atoms with van der Waals surface area (Å²) in [5, 5.41) is 14.2. The van der Waals surface area contributed by atoms with Crippen LogP contribution in [0.25, 0.3) is 0 Å². The molecule has 15 heavy (non-hydrogen) atoms. The SMILES string of the molecule is CCCC(CC)Nc1nc(C(=O)O)cs1. The maximum Gasteiger partial charge on any atom is 0.355 e. The molecule has 0 spiro atoms. The van der Waals surface area contributed by atoms with Gasteiger partial charge in [0.25, 0.3) is 0 Å². The molecular weight excluding hydrogens is 212 g/mol. The summed E-state index contributed by atoms with van der Waals surface area (Å²) in [5.74, 6) is -0.970. The molecule has 0 fully saturated rings. The number of thiazole rings is 1. The van der Waals surface area contributed by atoms with Gasteiger partial charge in [-0.3, -0.25) is 0 Å². The van der Waals surface area contributed by atoms with E-state index >= 15 is 0 Å². The summed E-state index contributed by atoms with van der Waals surface area (Å²) in [6.07, 6.45) is 3.22. The third-order valence-electron chi connectivity index (χ3n) is 2.18. The van der Waals surface area contributed by atoms with Crippen LogP contribution in [0.1, 0.15) is 43.6 Å². The number of aromatic nitrogens is 1. The van der Waals surface area contributed by atoms with Crippen LogP contribution in [-0.4, -0.2) is 22.1 Å². The first kappa shape index (κ1) is 12.0. The highest BCUT2D eigenvalue weighted by Crippen LogP contribution is 2.18. The molecule has 0 saturated carbocycles. The Hall–Kier alpha value is -1.10. The number of rotatable bonds is 6. The van der Waals surface area contributed by atoms with Crippen LogP contribution in [0.2, 0.25) is 0 Å².